The quantitative estimate of drug-likeness (QED) is 0.666. The number of carbonyl (C=O) groups is 1. The fourth-order valence-electron chi connectivity index (χ4n) is 0.750. The predicted molar refractivity (Wildman–Crippen MR) is 51.6 cm³/mol. The summed E-state index contributed by atoms with van der Waals surface area (Å²) in [5.74, 6) is -1.06. The summed E-state index contributed by atoms with van der Waals surface area (Å²) in [5.41, 5.74) is 0.218. The molecule has 0 aromatic heterocycles. The Balaban J connectivity index is 3.23. The molecule has 0 fully saturated rings. The molecular weight excluding hydrogens is 273 g/mol. The fourth-order valence-corrected chi connectivity index (χ4v) is 1.40. The Morgan fingerprint density at radius 2 is 2.08 bits per heavy atom. The smallest absolute Gasteiger partial charge is 0.335 e. The number of rotatable bonds is 2. The molecule has 12 heavy (non-hydrogen) atoms. The maximum atomic E-state index is 10.5. The standard InChI is InChI=1S/C7H4INO3/c8-5-1-4(7(10)11)2-6(3-5)9-12/h1-3H,(H,10,11). The molecule has 0 amide bonds. The van der Waals surface area contributed by atoms with E-state index in [1.807, 2.05) is 22.6 Å². The van der Waals surface area contributed by atoms with Crippen LogP contribution < -0.4 is 0 Å². The van der Waals surface area contributed by atoms with E-state index in [4.69, 9.17) is 5.11 Å². The lowest BCUT2D eigenvalue weighted by atomic mass is 10.2. The van der Waals surface area contributed by atoms with Crippen molar-refractivity contribution in [1.82, 2.24) is 0 Å². The number of nitroso groups, excluding NO2 is 1. The largest absolute Gasteiger partial charge is 0.478 e. The van der Waals surface area contributed by atoms with Crippen molar-refractivity contribution in [2.24, 2.45) is 5.18 Å². The van der Waals surface area contributed by atoms with Crippen molar-refractivity contribution in [3.05, 3.63) is 32.2 Å². The first-order valence-corrected chi connectivity index (χ1v) is 4.08. The van der Waals surface area contributed by atoms with Crippen LogP contribution in [0, 0.1) is 8.48 Å². The van der Waals surface area contributed by atoms with Crippen LogP contribution in [-0.2, 0) is 0 Å². The zero-order chi connectivity index (χ0) is 9.14. The Labute approximate surface area is 81.7 Å². The number of halogens is 1. The van der Waals surface area contributed by atoms with Crippen LogP contribution in [0.2, 0.25) is 0 Å². The van der Waals surface area contributed by atoms with Gasteiger partial charge in [0.1, 0.15) is 5.69 Å². The van der Waals surface area contributed by atoms with E-state index < -0.39 is 5.97 Å². The van der Waals surface area contributed by atoms with Gasteiger partial charge in [0.15, 0.2) is 0 Å². The minimum absolute atomic E-state index is 0.0801. The van der Waals surface area contributed by atoms with Gasteiger partial charge in [-0.1, -0.05) is 0 Å². The molecule has 0 radical (unpaired) electrons. The predicted octanol–water partition coefficient (Wildman–Crippen LogP) is 2.39. The summed E-state index contributed by atoms with van der Waals surface area (Å²) in [7, 11) is 0. The second kappa shape index (κ2) is 3.61. The number of carboxylic acid groups (broad SMARTS) is 1. The highest BCUT2D eigenvalue weighted by molar-refractivity contribution is 14.1. The van der Waals surface area contributed by atoms with Gasteiger partial charge in [-0.05, 0) is 46.0 Å². The molecule has 1 aromatic rings. The molecule has 0 spiro atoms. The van der Waals surface area contributed by atoms with Gasteiger partial charge in [0, 0.05) is 3.57 Å². The van der Waals surface area contributed by atoms with Crippen LogP contribution in [0.15, 0.2) is 23.4 Å². The third-order valence-electron chi connectivity index (χ3n) is 1.23. The summed E-state index contributed by atoms with van der Waals surface area (Å²) in [6.07, 6.45) is 0. The summed E-state index contributed by atoms with van der Waals surface area (Å²) in [4.78, 5) is 20.6. The van der Waals surface area contributed by atoms with Crippen LogP contribution in [0.3, 0.4) is 0 Å². The molecule has 1 N–H and O–H groups in total. The fraction of sp³-hybridized carbons (Fsp3) is 0. The molecular formula is C7H4INO3. The van der Waals surface area contributed by atoms with Gasteiger partial charge in [0.05, 0.1) is 5.56 Å². The molecule has 0 atom stereocenters. The van der Waals surface area contributed by atoms with E-state index in [9.17, 15) is 9.70 Å². The number of carboxylic acids is 1. The van der Waals surface area contributed by atoms with Crippen molar-refractivity contribution in [2.45, 2.75) is 0 Å². The minimum Gasteiger partial charge on any atom is -0.478 e. The Morgan fingerprint density at radius 1 is 1.42 bits per heavy atom. The molecule has 0 saturated carbocycles. The van der Waals surface area contributed by atoms with E-state index in [1.54, 1.807) is 0 Å². The van der Waals surface area contributed by atoms with Crippen LogP contribution in [0.5, 0.6) is 0 Å². The first-order valence-electron chi connectivity index (χ1n) is 3.00. The lowest BCUT2D eigenvalue weighted by molar-refractivity contribution is 0.0697. The Morgan fingerprint density at radius 3 is 2.58 bits per heavy atom. The van der Waals surface area contributed by atoms with Gasteiger partial charge in [0.2, 0.25) is 0 Å². The molecule has 0 saturated heterocycles. The summed E-state index contributed by atoms with van der Waals surface area (Å²) in [5, 5.41) is 11.2. The van der Waals surface area contributed by atoms with Crippen molar-refractivity contribution >= 4 is 34.2 Å². The second-order valence-corrected chi connectivity index (χ2v) is 3.34. The Kier molecular flexibility index (Phi) is 2.74. The molecule has 0 aliphatic rings. The molecule has 62 valence electrons. The molecule has 0 bridgehead atoms. The van der Waals surface area contributed by atoms with Crippen molar-refractivity contribution in [3.8, 4) is 0 Å². The number of aromatic carboxylic acids is 1. The first kappa shape index (κ1) is 9.11. The van der Waals surface area contributed by atoms with Crippen LogP contribution in [0.25, 0.3) is 0 Å². The SMILES string of the molecule is O=Nc1cc(I)cc(C(=O)O)c1. The lowest BCUT2D eigenvalue weighted by Crippen LogP contribution is -1.95. The lowest BCUT2D eigenvalue weighted by Gasteiger charge is -1.95. The molecule has 4 nitrogen and oxygen atoms in total. The van der Waals surface area contributed by atoms with E-state index in [1.165, 1.54) is 18.2 Å². The van der Waals surface area contributed by atoms with Gasteiger partial charge in [-0.25, -0.2) is 4.79 Å². The highest BCUT2D eigenvalue weighted by Crippen LogP contribution is 2.18. The third kappa shape index (κ3) is 2.00. The third-order valence-corrected chi connectivity index (χ3v) is 1.86. The van der Waals surface area contributed by atoms with E-state index in [-0.39, 0.29) is 11.3 Å². The average molecular weight is 277 g/mol. The molecule has 1 aromatic carbocycles. The summed E-state index contributed by atoms with van der Waals surface area (Å²) >= 11 is 1.93. The summed E-state index contributed by atoms with van der Waals surface area (Å²) < 4.78 is 0.682. The van der Waals surface area contributed by atoms with E-state index in [0.29, 0.717) is 3.57 Å². The molecule has 1 rings (SSSR count). The van der Waals surface area contributed by atoms with Crippen LogP contribution in [0.4, 0.5) is 5.69 Å². The molecule has 0 unspecified atom stereocenters. The monoisotopic (exact) mass is 277 g/mol. The number of benzene rings is 1. The second-order valence-electron chi connectivity index (χ2n) is 2.09. The van der Waals surface area contributed by atoms with Gasteiger partial charge in [-0.3, -0.25) is 0 Å². The van der Waals surface area contributed by atoms with Crippen molar-refractivity contribution in [1.29, 1.82) is 0 Å². The van der Waals surface area contributed by atoms with Crippen molar-refractivity contribution in [2.75, 3.05) is 0 Å². The maximum Gasteiger partial charge on any atom is 0.335 e. The van der Waals surface area contributed by atoms with Gasteiger partial charge in [0.25, 0.3) is 0 Å². The van der Waals surface area contributed by atoms with Gasteiger partial charge >= 0.3 is 5.97 Å². The summed E-state index contributed by atoms with van der Waals surface area (Å²) in [6.45, 7) is 0. The number of hydrogen-bond donors (Lipinski definition) is 1. The Hall–Kier alpha value is -0.980. The van der Waals surface area contributed by atoms with Gasteiger partial charge in [-0.2, -0.15) is 0 Å². The number of hydrogen-bond acceptors (Lipinski definition) is 3. The topological polar surface area (TPSA) is 66.7 Å². The van der Waals surface area contributed by atoms with Crippen LogP contribution >= 0.6 is 22.6 Å². The zero-order valence-electron chi connectivity index (χ0n) is 5.82. The molecule has 0 aliphatic carbocycles. The molecule has 5 heteroatoms. The maximum absolute atomic E-state index is 10.5. The number of nitrogens with zero attached hydrogens (tertiary/aromatic N) is 1. The van der Waals surface area contributed by atoms with Crippen molar-refractivity contribution < 1.29 is 9.90 Å². The highest BCUT2D eigenvalue weighted by atomic mass is 127. The van der Waals surface area contributed by atoms with Gasteiger partial charge in [-0.15, -0.1) is 4.91 Å². The molecule has 0 aliphatic heterocycles. The normalized spacial score (nSPS) is 9.42. The molecule has 0 heterocycles. The van der Waals surface area contributed by atoms with Gasteiger partial charge < -0.3 is 5.11 Å². The van der Waals surface area contributed by atoms with Crippen LogP contribution in [-0.4, -0.2) is 11.1 Å². The Bertz CT molecular complexity index is 337. The van der Waals surface area contributed by atoms with E-state index in [2.05, 4.69) is 5.18 Å². The van der Waals surface area contributed by atoms with E-state index >= 15 is 0 Å². The van der Waals surface area contributed by atoms with Crippen LogP contribution in [0.1, 0.15) is 10.4 Å². The average Bonchev–Trinajstić information content (AvgIpc) is 2.03. The van der Waals surface area contributed by atoms with Crippen molar-refractivity contribution in [3.63, 3.8) is 0 Å². The first-order chi connectivity index (χ1) is 5.63. The highest BCUT2D eigenvalue weighted by Gasteiger charge is 2.05. The zero-order valence-corrected chi connectivity index (χ0v) is 7.98. The van der Waals surface area contributed by atoms with E-state index in [0.717, 1.165) is 0 Å². The summed E-state index contributed by atoms with van der Waals surface area (Å²) in [6, 6.07) is 4.22. The minimum atomic E-state index is -1.06.